The molecule has 22 heavy (non-hydrogen) atoms. The van der Waals surface area contributed by atoms with Crippen LogP contribution in [0.3, 0.4) is 0 Å². The summed E-state index contributed by atoms with van der Waals surface area (Å²) in [4.78, 5) is 7.15. The van der Waals surface area contributed by atoms with Crippen LogP contribution in [0.1, 0.15) is 32.8 Å². The van der Waals surface area contributed by atoms with E-state index < -0.39 is 0 Å². The number of fused-ring (bicyclic) bond motifs is 1. The van der Waals surface area contributed by atoms with Gasteiger partial charge >= 0.3 is 0 Å². The van der Waals surface area contributed by atoms with Crippen LogP contribution < -0.4 is 14.8 Å². The van der Waals surface area contributed by atoms with Gasteiger partial charge in [-0.3, -0.25) is 0 Å². The predicted octanol–water partition coefficient (Wildman–Crippen LogP) is 2.61. The van der Waals surface area contributed by atoms with Crippen molar-refractivity contribution in [1.29, 1.82) is 0 Å². The molecule has 5 nitrogen and oxygen atoms in total. The number of nitrogens with one attached hydrogen (secondary N) is 1. The molecule has 0 atom stereocenters. The van der Waals surface area contributed by atoms with Crippen LogP contribution in [-0.4, -0.2) is 37.3 Å². The second-order valence-electron chi connectivity index (χ2n) is 6.69. The van der Waals surface area contributed by atoms with E-state index in [0.717, 1.165) is 42.7 Å². The molecule has 2 aliphatic rings. The van der Waals surface area contributed by atoms with E-state index in [4.69, 9.17) is 14.5 Å². The van der Waals surface area contributed by atoms with Crippen molar-refractivity contribution in [2.75, 3.05) is 26.4 Å². The molecular formula is C17H25N3O2. The van der Waals surface area contributed by atoms with E-state index in [0.29, 0.717) is 18.8 Å². The standard InChI is InChI=1S/C17H25N3O2/c1-4-18-16(20-8-7-17(2,3)11-20)19-10-13-5-6-14-15(9-13)22-12-21-14/h5-6,9H,4,7-8,10-12H2,1-3H3,(H,18,19). The average molecular weight is 303 g/mol. The molecule has 0 radical (unpaired) electrons. The van der Waals surface area contributed by atoms with Crippen LogP contribution in [0, 0.1) is 5.41 Å². The molecule has 1 aromatic rings. The van der Waals surface area contributed by atoms with Crippen molar-refractivity contribution in [3.63, 3.8) is 0 Å². The quantitative estimate of drug-likeness (QED) is 0.689. The minimum absolute atomic E-state index is 0.313. The highest BCUT2D eigenvalue weighted by molar-refractivity contribution is 5.80. The van der Waals surface area contributed by atoms with Crippen LogP contribution in [-0.2, 0) is 6.54 Å². The van der Waals surface area contributed by atoms with Crippen molar-refractivity contribution in [2.24, 2.45) is 10.4 Å². The average Bonchev–Trinajstić information content (AvgIpc) is 3.08. The minimum Gasteiger partial charge on any atom is -0.454 e. The fourth-order valence-electron chi connectivity index (χ4n) is 2.92. The molecule has 0 saturated carbocycles. The molecule has 2 heterocycles. The van der Waals surface area contributed by atoms with Crippen molar-refractivity contribution in [3.8, 4) is 11.5 Å². The Morgan fingerprint density at radius 2 is 2.14 bits per heavy atom. The van der Waals surface area contributed by atoms with Gasteiger partial charge in [0.1, 0.15) is 0 Å². The summed E-state index contributed by atoms with van der Waals surface area (Å²) >= 11 is 0. The van der Waals surface area contributed by atoms with Crippen molar-refractivity contribution in [1.82, 2.24) is 10.2 Å². The first-order chi connectivity index (χ1) is 10.6. The molecule has 0 unspecified atom stereocenters. The van der Waals surface area contributed by atoms with Crippen LogP contribution in [0.4, 0.5) is 0 Å². The summed E-state index contributed by atoms with van der Waals surface area (Å²) in [6.45, 7) is 10.7. The summed E-state index contributed by atoms with van der Waals surface area (Å²) in [6, 6.07) is 6.02. The first kappa shape index (κ1) is 15.0. The highest BCUT2D eigenvalue weighted by Gasteiger charge is 2.30. The van der Waals surface area contributed by atoms with Crippen molar-refractivity contribution >= 4 is 5.96 Å². The lowest BCUT2D eigenvalue weighted by Gasteiger charge is -2.23. The van der Waals surface area contributed by atoms with E-state index in [1.807, 2.05) is 12.1 Å². The molecule has 1 aromatic carbocycles. The first-order valence-electron chi connectivity index (χ1n) is 7.99. The van der Waals surface area contributed by atoms with E-state index in [-0.39, 0.29) is 0 Å². The SMILES string of the molecule is CCNC(=NCc1ccc2c(c1)OCO2)N1CCC(C)(C)C1. The molecule has 1 N–H and O–H groups in total. The third-order valence-corrected chi connectivity index (χ3v) is 4.16. The Morgan fingerprint density at radius 3 is 2.86 bits per heavy atom. The zero-order valence-corrected chi connectivity index (χ0v) is 13.7. The third-order valence-electron chi connectivity index (χ3n) is 4.16. The van der Waals surface area contributed by atoms with Gasteiger partial charge in [0.05, 0.1) is 6.54 Å². The van der Waals surface area contributed by atoms with Gasteiger partial charge in [0.25, 0.3) is 0 Å². The highest BCUT2D eigenvalue weighted by Crippen LogP contribution is 2.33. The Balaban J connectivity index is 1.70. The van der Waals surface area contributed by atoms with Gasteiger partial charge in [0.2, 0.25) is 6.79 Å². The van der Waals surface area contributed by atoms with E-state index in [2.05, 4.69) is 37.1 Å². The molecule has 0 spiro atoms. The lowest BCUT2D eigenvalue weighted by molar-refractivity contribution is 0.174. The Morgan fingerprint density at radius 1 is 1.32 bits per heavy atom. The summed E-state index contributed by atoms with van der Waals surface area (Å²) in [5, 5.41) is 3.40. The molecule has 1 fully saturated rings. The second kappa shape index (κ2) is 6.07. The number of rotatable bonds is 3. The number of hydrogen-bond acceptors (Lipinski definition) is 3. The lowest BCUT2D eigenvalue weighted by atomic mass is 9.93. The summed E-state index contributed by atoms with van der Waals surface area (Å²) in [5.41, 5.74) is 1.51. The topological polar surface area (TPSA) is 46.1 Å². The number of benzene rings is 1. The fraction of sp³-hybridized carbons (Fsp3) is 0.588. The molecule has 0 bridgehead atoms. The lowest BCUT2D eigenvalue weighted by Crippen LogP contribution is -2.40. The molecule has 1 saturated heterocycles. The van der Waals surface area contributed by atoms with Gasteiger partial charge in [0.15, 0.2) is 17.5 Å². The van der Waals surface area contributed by atoms with Gasteiger partial charge in [-0.1, -0.05) is 19.9 Å². The van der Waals surface area contributed by atoms with Gasteiger partial charge < -0.3 is 19.7 Å². The normalized spacial score (nSPS) is 19.6. The minimum atomic E-state index is 0.313. The van der Waals surface area contributed by atoms with Crippen molar-refractivity contribution in [3.05, 3.63) is 23.8 Å². The van der Waals surface area contributed by atoms with Gasteiger partial charge in [-0.25, -0.2) is 4.99 Å². The number of hydrogen-bond donors (Lipinski definition) is 1. The maximum atomic E-state index is 5.42. The fourth-order valence-corrected chi connectivity index (χ4v) is 2.92. The Kier molecular flexibility index (Phi) is 4.14. The van der Waals surface area contributed by atoms with Crippen molar-refractivity contribution in [2.45, 2.75) is 33.7 Å². The van der Waals surface area contributed by atoms with E-state index in [9.17, 15) is 0 Å². The monoisotopic (exact) mass is 303 g/mol. The Bertz CT molecular complexity index is 569. The first-order valence-corrected chi connectivity index (χ1v) is 7.99. The van der Waals surface area contributed by atoms with Crippen molar-refractivity contribution < 1.29 is 9.47 Å². The van der Waals surface area contributed by atoms with Crippen LogP contribution in [0.5, 0.6) is 11.5 Å². The van der Waals surface area contributed by atoms with E-state index in [1.165, 1.54) is 6.42 Å². The molecular weight excluding hydrogens is 278 g/mol. The molecule has 2 aliphatic heterocycles. The Hall–Kier alpha value is -1.91. The zero-order chi connectivity index (χ0) is 15.6. The largest absolute Gasteiger partial charge is 0.454 e. The number of nitrogens with zero attached hydrogens (tertiary/aromatic N) is 2. The highest BCUT2D eigenvalue weighted by atomic mass is 16.7. The van der Waals surface area contributed by atoms with Crippen LogP contribution in [0.2, 0.25) is 0 Å². The number of guanidine groups is 1. The number of ether oxygens (including phenoxy) is 2. The van der Waals surface area contributed by atoms with Gasteiger partial charge in [-0.05, 0) is 36.5 Å². The van der Waals surface area contributed by atoms with Crippen LogP contribution in [0.25, 0.3) is 0 Å². The number of likely N-dealkylation sites (tertiary alicyclic amines) is 1. The van der Waals surface area contributed by atoms with Gasteiger partial charge in [0, 0.05) is 19.6 Å². The molecule has 0 aromatic heterocycles. The molecule has 0 amide bonds. The molecule has 0 aliphatic carbocycles. The van der Waals surface area contributed by atoms with Gasteiger partial charge in [-0.2, -0.15) is 0 Å². The maximum Gasteiger partial charge on any atom is 0.231 e. The maximum absolute atomic E-state index is 5.42. The van der Waals surface area contributed by atoms with E-state index >= 15 is 0 Å². The Labute approximate surface area is 132 Å². The van der Waals surface area contributed by atoms with E-state index in [1.54, 1.807) is 0 Å². The zero-order valence-electron chi connectivity index (χ0n) is 13.7. The molecule has 5 heteroatoms. The smallest absolute Gasteiger partial charge is 0.231 e. The summed E-state index contributed by atoms with van der Waals surface area (Å²) < 4.78 is 10.8. The van der Waals surface area contributed by atoms with Crippen LogP contribution >= 0.6 is 0 Å². The second-order valence-corrected chi connectivity index (χ2v) is 6.69. The summed E-state index contributed by atoms with van der Waals surface area (Å²) in [7, 11) is 0. The summed E-state index contributed by atoms with van der Waals surface area (Å²) in [6.07, 6.45) is 1.21. The van der Waals surface area contributed by atoms with Crippen LogP contribution in [0.15, 0.2) is 23.2 Å². The number of aliphatic imine (C=N–C) groups is 1. The molecule has 120 valence electrons. The summed E-state index contributed by atoms with van der Waals surface area (Å²) in [5.74, 6) is 2.65. The predicted molar refractivity (Wildman–Crippen MR) is 87.4 cm³/mol. The molecule has 3 rings (SSSR count). The van der Waals surface area contributed by atoms with Gasteiger partial charge in [-0.15, -0.1) is 0 Å². The third kappa shape index (κ3) is 3.29.